The summed E-state index contributed by atoms with van der Waals surface area (Å²) in [4.78, 5) is 0. The van der Waals surface area contributed by atoms with Gasteiger partial charge in [0.05, 0.1) is 0 Å². The molecule has 0 aliphatic carbocycles. The molecule has 0 bridgehead atoms. The van der Waals surface area contributed by atoms with Crippen molar-refractivity contribution in [3.8, 4) is 0 Å². The first-order chi connectivity index (χ1) is 5.77. The fraction of sp³-hybridized carbons (Fsp3) is 0.111. The third kappa shape index (κ3) is 2.12. The minimum absolute atomic E-state index is 0.703. The van der Waals surface area contributed by atoms with Crippen LogP contribution in [0.15, 0.2) is 30.3 Å². The molecule has 0 unspecified atom stereocenters. The molecule has 0 saturated carbocycles. The van der Waals surface area contributed by atoms with E-state index in [1.807, 2.05) is 37.3 Å². The summed E-state index contributed by atoms with van der Waals surface area (Å²) in [6.07, 6.45) is 1.94. The Labute approximate surface area is 80.5 Å². The maximum absolute atomic E-state index is 5.83. The van der Waals surface area contributed by atoms with E-state index in [4.69, 9.17) is 16.0 Å². The van der Waals surface area contributed by atoms with E-state index in [-0.39, 0.29) is 0 Å². The fourth-order valence-corrected chi connectivity index (χ4v) is 1.71. The lowest BCUT2D eigenvalue weighted by atomic mass is 10.2. The molecule has 0 atom stereocenters. The number of rotatable bonds is 2. The van der Waals surface area contributed by atoms with Gasteiger partial charge in [-0.1, -0.05) is 23.7 Å². The summed E-state index contributed by atoms with van der Waals surface area (Å²) in [5.41, 5.74) is 1.04. The first kappa shape index (κ1) is 9.36. The van der Waals surface area contributed by atoms with Crippen molar-refractivity contribution in [3.05, 3.63) is 40.9 Å². The van der Waals surface area contributed by atoms with Crippen LogP contribution >= 0.6 is 11.6 Å². The van der Waals surface area contributed by atoms with Crippen molar-refractivity contribution < 1.29 is 4.43 Å². The topological polar surface area (TPSA) is 9.23 Å². The summed E-state index contributed by atoms with van der Waals surface area (Å²) >= 11 is 5.83. The lowest BCUT2D eigenvalue weighted by Gasteiger charge is -2.05. The van der Waals surface area contributed by atoms with Gasteiger partial charge in [0.25, 0.3) is 0 Å². The summed E-state index contributed by atoms with van der Waals surface area (Å²) in [7, 11) is 0.703. The van der Waals surface area contributed by atoms with Crippen molar-refractivity contribution in [2.24, 2.45) is 0 Å². The Morgan fingerprint density at radius 2 is 2.33 bits per heavy atom. The highest BCUT2D eigenvalue weighted by Crippen LogP contribution is 2.18. The number of halogens is 1. The second-order valence-electron chi connectivity index (χ2n) is 2.37. The summed E-state index contributed by atoms with van der Waals surface area (Å²) < 4.78 is 5.28. The molecule has 0 aliphatic rings. The van der Waals surface area contributed by atoms with Crippen LogP contribution in [0.25, 0.3) is 5.76 Å². The smallest absolute Gasteiger partial charge is 0.204 e. The predicted octanol–water partition coefficient (Wildman–Crippen LogP) is 2.00. The van der Waals surface area contributed by atoms with Crippen LogP contribution in [0.3, 0.4) is 0 Å². The zero-order chi connectivity index (χ0) is 8.97. The molecule has 0 aromatic heterocycles. The second-order valence-corrected chi connectivity index (χ2v) is 3.21. The van der Waals surface area contributed by atoms with Gasteiger partial charge in [0.1, 0.15) is 5.76 Å². The van der Waals surface area contributed by atoms with Crippen molar-refractivity contribution in [3.63, 3.8) is 0 Å². The molecule has 3 heteroatoms. The van der Waals surface area contributed by atoms with Crippen LogP contribution in [0.1, 0.15) is 12.5 Å². The van der Waals surface area contributed by atoms with E-state index in [0.717, 1.165) is 16.3 Å². The fourth-order valence-electron chi connectivity index (χ4n) is 1.04. The molecule has 1 aromatic rings. The number of allylic oxidation sites excluding steroid dienone is 1. The van der Waals surface area contributed by atoms with E-state index in [1.54, 1.807) is 0 Å². The zero-order valence-corrected chi connectivity index (χ0v) is 9.93. The molecular formula is C9H11ClOSi. The molecule has 64 valence electrons. The van der Waals surface area contributed by atoms with Gasteiger partial charge in [-0.3, -0.25) is 0 Å². The van der Waals surface area contributed by atoms with Crippen molar-refractivity contribution in [2.75, 3.05) is 0 Å². The van der Waals surface area contributed by atoms with Crippen LogP contribution < -0.4 is 0 Å². The van der Waals surface area contributed by atoms with Gasteiger partial charge in [0.15, 0.2) is 0 Å². The molecule has 0 spiro atoms. The second kappa shape index (κ2) is 4.33. The van der Waals surface area contributed by atoms with Crippen LogP contribution in [0.5, 0.6) is 0 Å². The van der Waals surface area contributed by atoms with E-state index >= 15 is 0 Å². The van der Waals surface area contributed by atoms with Gasteiger partial charge in [0, 0.05) is 10.6 Å². The molecule has 0 fully saturated rings. The van der Waals surface area contributed by atoms with Gasteiger partial charge in [0.2, 0.25) is 10.5 Å². The molecule has 0 N–H and O–H groups in total. The summed E-state index contributed by atoms with van der Waals surface area (Å²) in [5, 5.41) is 0.741. The van der Waals surface area contributed by atoms with Crippen LogP contribution in [0.4, 0.5) is 0 Å². The average Bonchev–Trinajstić information content (AvgIpc) is 2.07. The van der Waals surface area contributed by atoms with Gasteiger partial charge >= 0.3 is 0 Å². The number of hydrogen-bond acceptors (Lipinski definition) is 1. The van der Waals surface area contributed by atoms with Crippen molar-refractivity contribution in [1.82, 2.24) is 0 Å². The Kier molecular flexibility index (Phi) is 3.38. The highest BCUT2D eigenvalue weighted by atomic mass is 35.5. The Balaban J connectivity index is 3.02. The molecule has 1 nitrogen and oxygen atoms in total. The molecule has 1 rings (SSSR count). The normalized spacial score (nSPS) is 11.7. The molecule has 12 heavy (non-hydrogen) atoms. The monoisotopic (exact) mass is 198 g/mol. The predicted molar refractivity (Wildman–Crippen MR) is 56.1 cm³/mol. The Morgan fingerprint density at radius 1 is 1.58 bits per heavy atom. The third-order valence-corrected chi connectivity index (χ3v) is 2.27. The van der Waals surface area contributed by atoms with Crippen LogP contribution in [0, 0.1) is 0 Å². The lowest BCUT2D eigenvalue weighted by Crippen LogP contribution is -1.87. The minimum atomic E-state index is 0.703. The SMILES string of the molecule is CC=C(O[SiH3])c1cccc(Cl)c1. The molecule has 1 aromatic carbocycles. The molecule has 0 radical (unpaired) electrons. The van der Waals surface area contributed by atoms with Crippen LogP contribution in [0.2, 0.25) is 5.02 Å². The molecule has 0 saturated heterocycles. The van der Waals surface area contributed by atoms with Crippen molar-refractivity contribution in [2.45, 2.75) is 6.92 Å². The summed E-state index contributed by atoms with van der Waals surface area (Å²) in [5.74, 6) is 0.907. The standard InChI is InChI=1S/C9H11ClOSi/c1-2-9(11-12)7-4-3-5-8(10)6-7/h2-6H,1,12H3. The van der Waals surface area contributed by atoms with Crippen LogP contribution in [-0.2, 0) is 4.43 Å². The molecule has 0 amide bonds. The van der Waals surface area contributed by atoms with Gasteiger partial charge in [-0.05, 0) is 25.1 Å². The largest absolute Gasteiger partial charge is 0.553 e. The van der Waals surface area contributed by atoms with Gasteiger partial charge in [-0.25, -0.2) is 0 Å². The minimum Gasteiger partial charge on any atom is -0.553 e. The summed E-state index contributed by atoms with van der Waals surface area (Å²) in [6.45, 7) is 1.95. The lowest BCUT2D eigenvalue weighted by molar-refractivity contribution is 0.571. The van der Waals surface area contributed by atoms with Gasteiger partial charge in [-0.2, -0.15) is 0 Å². The van der Waals surface area contributed by atoms with E-state index in [1.165, 1.54) is 0 Å². The van der Waals surface area contributed by atoms with E-state index in [9.17, 15) is 0 Å². The van der Waals surface area contributed by atoms with Crippen molar-refractivity contribution >= 4 is 27.8 Å². The molecule has 0 heterocycles. The maximum atomic E-state index is 5.83. The molecule has 0 aliphatic heterocycles. The molecular weight excluding hydrogens is 188 g/mol. The van der Waals surface area contributed by atoms with E-state index < -0.39 is 0 Å². The maximum Gasteiger partial charge on any atom is 0.204 e. The Hall–Kier alpha value is -0.733. The first-order valence-electron chi connectivity index (χ1n) is 3.74. The van der Waals surface area contributed by atoms with Crippen molar-refractivity contribution in [1.29, 1.82) is 0 Å². The first-order valence-corrected chi connectivity index (χ1v) is 4.93. The Morgan fingerprint density at radius 3 is 2.83 bits per heavy atom. The summed E-state index contributed by atoms with van der Waals surface area (Å²) in [6, 6.07) is 7.65. The van der Waals surface area contributed by atoms with E-state index in [0.29, 0.717) is 10.5 Å². The average molecular weight is 199 g/mol. The highest BCUT2D eigenvalue weighted by Gasteiger charge is 1.98. The number of hydrogen-bond donors (Lipinski definition) is 0. The van der Waals surface area contributed by atoms with E-state index in [2.05, 4.69) is 0 Å². The van der Waals surface area contributed by atoms with Gasteiger partial charge in [-0.15, -0.1) is 0 Å². The third-order valence-electron chi connectivity index (χ3n) is 1.59. The number of benzene rings is 1. The quantitative estimate of drug-likeness (QED) is 0.522. The highest BCUT2D eigenvalue weighted by molar-refractivity contribution is 6.30. The van der Waals surface area contributed by atoms with Crippen LogP contribution in [-0.4, -0.2) is 10.5 Å². The Bertz CT molecular complexity index is 296. The zero-order valence-electron chi connectivity index (χ0n) is 7.17. The van der Waals surface area contributed by atoms with Gasteiger partial charge < -0.3 is 4.43 Å².